The number of rotatable bonds is 2. The normalized spacial score (nSPS) is 21.5. The van der Waals surface area contributed by atoms with Gasteiger partial charge in [-0.05, 0) is 36.3 Å². The third-order valence-corrected chi connectivity index (χ3v) is 4.95. The van der Waals surface area contributed by atoms with E-state index in [-0.39, 0.29) is 5.41 Å². The molecule has 0 aromatic carbocycles. The van der Waals surface area contributed by atoms with Gasteiger partial charge in [0.05, 0.1) is 0 Å². The molecule has 0 amide bonds. The fourth-order valence-corrected chi connectivity index (χ4v) is 3.48. The van der Waals surface area contributed by atoms with E-state index in [1.807, 2.05) is 0 Å². The molecule has 2 saturated heterocycles. The lowest BCUT2D eigenvalue weighted by Crippen LogP contribution is -2.53. The Hall–Kier alpha value is -1.13. The summed E-state index contributed by atoms with van der Waals surface area (Å²) in [5, 5.41) is 5.09. The van der Waals surface area contributed by atoms with E-state index in [2.05, 4.69) is 54.9 Å². The fourth-order valence-electron chi connectivity index (χ4n) is 3.48. The molecule has 1 aromatic heterocycles. The second-order valence-corrected chi connectivity index (χ2v) is 7.72. The minimum absolute atomic E-state index is 0.171. The van der Waals surface area contributed by atoms with Gasteiger partial charge in [0, 0.05) is 45.5 Å². The standard InChI is InChI=1S/C18H30N4/c1-15-13-16(18(2,3)4)14-19-17(15)20-9-11-22(12-10-20)21-7-5-6-8-21/h13-14H,5-12H2,1-4H3. The number of hydrazine groups is 1. The molecule has 1 aromatic rings. The third-order valence-electron chi connectivity index (χ3n) is 4.95. The summed E-state index contributed by atoms with van der Waals surface area (Å²) >= 11 is 0. The first-order valence-electron chi connectivity index (χ1n) is 8.67. The zero-order valence-electron chi connectivity index (χ0n) is 14.6. The molecule has 0 radical (unpaired) electrons. The van der Waals surface area contributed by atoms with Gasteiger partial charge < -0.3 is 4.90 Å². The minimum Gasteiger partial charge on any atom is -0.354 e. The van der Waals surface area contributed by atoms with Gasteiger partial charge >= 0.3 is 0 Å². The summed E-state index contributed by atoms with van der Waals surface area (Å²) in [5.74, 6) is 1.18. The molecule has 3 rings (SSSR count). The number of aromatic nitrogens is 1. The average molecular weight is 302 g/mol. The number of anilines is 1. The summed E-state index contributed by atoms with van der Waals surface area (Å²) in [6.07, 6.45) is 4.78. The lowest BCUT2D eigenvalue weighted by molar-refractivity contribution is -0.00770. The summed E-state index contributed by atoms with van der Waals surface area (Å²) in [6.45, 7) is 15.9. The Morgan fingerprint density at radius 3 is 2.05 bits per heavy atom. The molecule has 22 heavy (non-hydrogen) atoms. The zero-order chi connectivity index (χ0) is 15.7. The van der Waals surface area contributed by atoms with Crippen LogP contribution in [0.25, 0.3) is 0 Å². The Morgan fingerprint density at radius 2 is 1.50 bits per heavy atom. The van der Waals surface area contributed by atoms with Gasteiger partial charge in [-0.15, -0.1) is 0 Å². The molecule has 0 spiro atoms. The number of pyridine rings is 1. The molecule has 2 aliphatic heterocycles. The SMILES string of the molecule is Cc1cc(C(C)(C)C)cnc1N1CCN(N2CCCC2)CC1. The molecule has 0 bridgehead atoms. The topological polar surface area (TPSA) is 22.6 Å². The van der Waals surface area contributed by atoms with Gasteiger partial charge in [-0.1, -0.05) is 26.8 Å². The van der Waals surface area contributed by atoms with Crippen LogP contribution in [0.5, 0.6) is 0 Å². The molecule has 4 heteroatoms. The van der Waals surface area contributed by atoms with Crippen molar-refractivity contribution >= 4 is 5.82 Å². The first kappa shape index (κ1) is 15.8. The maximum atomic E-state index is 4.78. The van der Waals surface area contributed by atoms with Crippen LogP contribution >= 0.6 is 0 Å². The Kier molecular flexibility index (Phi) is 4.42. The lowest BCUT2D eigenvalue weighted by Gasteiger charge is -2.40. The van der Waals surface area contributed by atoms with Crippen LogP contribution in [-0.2, 0) is 5.41 Å². The van der Waals surface area contributed by atoms with Crippen molar-refractivity contribution in [3.05, 3.63) is 23.4 Å². The second kappa shape index (κ2) is 6.17. The van der Waals surface area contributed by atoms with Gasteiger partial charge in [-0.2, -0.15) is 0 Å². The number of nitrogens with zero attached hydrogens (tertiary/aromatic N) is 4. The van der Waals surface area contributed by atoms with Crippen molar-refractivity contribution in [2.24, 2.45) is 0 Å². The monoisotopic (exact) mass is 302 g/mol. The highest BCUT2D eigenvalue weighted by atomic mass is 15.6. The van der Waals surface area contributed by atoms with Crippen molar-refractivity contribution in [1.29, 1.82) is 0 Å². The van der Waals surface area contributed by atoms with Gasteiger partial charge in [-0.3, -0.25) is 0 Å². The quantitative estimate of drug-likeness (QED) is 0.838. The summed E-state index contributed by atoms with van der Waals surface area (Å²) in [6, 6.07) is 2.31. The molecule has 0 N–H and O–H groups in total. The van der Waals surface area contributed by atoms with E-state index in [0.29, 0.717) is 0 Å². The molecule has 3 heterocycles. The van der Waals surface area contributed by atoms with E-state index >= 15 is 0 Å². The molecule has 2 aliphatic rings. The smallest absolute Gasteiger partial charge is 0.131 e. The molecule has 0 unspecified atom stereocenters. The van der Waals surface area contributed by atoms with E-state index in [4.69, 9.17) is 4.98 Å². The zero-order valence-corrected chi connectivity index (χ0v) is 14.6. The van der Waals surface area contributed by atoms with E-state index < -0.39 is 0 Å². The van der Waals surface area contributed by atoms with Crippen LogP contribution in [0.1, 0.15) is 44.7 Å². The number of aryl methyl sites for hydroxylation is 1. The first-order valence-corrected chi connectivity index (χ1v) is 8.67. The molecule has 0 atom stereocenters. The van der Waals surface area contributed by atoms with Crippen LogP contribution in [0.2, 0.25) is 0 Å². The first-order chi connectivity index (χ1) is 10.4. The van der Waals surface area contributed by atoms with Gasteiger partial charge in [0.1, 0.15) is 5.82 Å². The van der Waals surface area contributed by atoms with Crippen LogP contribution in [0.4, 0.5) is 5.82 Å². The van der Waals surface area contributed by atoms with Crippen molar-refractivity contribution in [3.63, 3.8) is 0 Å². The largest absolute Gasteiger partial charge is 0.354 e. The predicted octanol–water partition coefficient (Wildman–Crippen LogP) is 2.82. The summed E-state index contributed by atoms with van der Waals surface area (Å²) in [4.78, 5) is 7.24. The number of hydrogen-bond donors (Lipinski definition) is 0. The summed E-state index contributed by atoms with van der Waals surface area (Å²) in [5.41, 5.74) is 2.80. The summed E-state index contributed by atoms with van der Waals surface area (Å²) < 4.78 is 0. The maximum absolute atomic E-state index is 4.78. The third kappa shape index (κ3) is 3.28. The van der Waals surface area contributed by atoms with E-state index in [1.165, 1.54) is 42.9 Å². The molecular weight excluding hydrogens is 272 g/mol. The molecular formula is C18H30N4. The Morgan fingerprint density at radius 1 is 0.909 bits per heavy atom. The molecule has 2 fully saturated rings. The highest BCUT2D eigenvalue weighted by molar-refractivity contribution is 5.48. The fraction of sp³-hybridized carbons (Fsp3) is 0.722. The highest BCUT2D eigenvalue weighted by Crippen LogP contribution is 2.27. The second-order valence-electron chi connectivity index (χ2n) is 7.72. The van der Waals surface area contributed by atoms with Crippen LogP contribution in [-0.4, -0.2) is 54.3 Å². The Bertz CT molecular complexity index is 506. The molecule has 4 nitrogen and oxygen atoms in total. The van der Waals surface area contributed by atoms with Crippen molar-refractivity contribution in [2.45, 2.75) is 46.0 Å². The summed E-state index contributed by atoms with van der Waals surface area (Å²) in [7, 11) is 0. The average Bonchev–Trinajstić information content (AvgIpc) is 3.01. The number of piperazine rings is 1. The molecule has 0 aliphatic carbocycles. The molecule has 122 valence electrons. The van der Waals surface area contributed by atoms with E-state index in [0.717, 1.165) is 26.2 Å². The lowest BCUT2D eigenvalue weighted by atomic mass is 9.87. The van der Waals surface area contributed by atoms with Crippen molar-refractivity contribution < 1.29 is 0 Å². The van der Waals surface area contributed by atoms with Crippen molar-refractivity contribution in [1.82, 2.24) is 15.0 Å². The Labute approximate surface area is 135 Å². The van der Waals surface area contributed by atoms with Crippen LogP contribution in [0.15, 0.2) is 12.3 Å². The van der Waals surface area contributed by atoms with E-state index in [1.54, 1.807) is 0 Å². The number of hydrogen-bond acceptors (Lipinski definition) is 4. The van der Waals surface area contributed by atoms with Gasteiger partial charge in [-0.25, -0.2) is 15.0 Å². The Balaban J connectivity index is 1.66. The van der Waals surface area contributed by atoms with Crippen molar-refractivity contribution in [3.8, 4) is 0 Å². The van der Waals surface area contributed by atoms with E-state index in [9.17, 15) is 0 Å². The van der Waals surface area contributed by atoms with Crippen molar-refractivity contribution in [2.75, 3.05) is 44.2 Å². The minimum atomic E-state index is 0.171. The van der Waals surface area contributed by atoms with Gasteiger partial charge in [0.15, 0.2) is 0 Å². The molecule has 0 saturated carbocycles. The highest BCUT2D eigenvalue weighted by Gasteiger charge is 2.25. The van der Waals surface area contributed by atoms with Gasteiger partial charge in [0.25, 0.3) is 0 Å². The predicted molar refractivity (Wildman–Crippen MR) is 92.3 cm³/mol. The van der Waals surface area contributed by atoms with Crippen LogP contribution in [0.3, 0.4) is 0 Å². The van der Waals surface area contributed by atoms with Gasteiger partial charge in [0.2, 0.25) is 0 Å². The maximum Gasteiger partial charge on any atom is 0.131 e. The van der Waals surface area contributed by atoms with Crippen LogP contribution < -0.4 is 4.90 Å². The van der Waals surface area contributed by atoms with Crippen LogP contribution in [0, 0.1) is 6.92 Å².